The first-order valence-corrected chi connectivity index (χ1v) is 7.50. The number of carbonyl (C=O) groups is 1. The Morgan fingerprint density at radius 2 is 2.24 bits per heavy atom. The standard InChI is InChI=1S/C16H24N2O2.ClH/c1-2-20-15-8-4-3-6-13(15)9-10-16(19)18-14-7-5-11-17-12-14;/h3-4,6,8,14,17H,2,5,7,9-12H2,1H3,(H,18,19);1H/t14-;/m0./s1. The van der Waals surface area contributed by atoms with E-state index in [1.807, 2.05) is 31.2 Å². The molecule has 21 heavy (non-hydrogen) atoms. The minimum absolute atomic E-state index is 0. The van der Waals surface area contributed by atoms with E-state index in [2.05, 4.69) is 10.6 Å². The molecule has 1 saturated heterocycles. The SMILES string of the molecule is CCOc1ccccc1CCC(=O)N[C@H]1CCCNC1.Cl. The summed E-state index contributed by atoms with van der Waals surface area (Å²) in [4.78, 5) is 12.0. The van der Waals surface area contributed by atoms with Gasteiger partial charge in [-0.3, -0.25) is 4.79 Å². The van der Waals surface area contributed by atoms with Gasteiger partial charge in [0.15, 0.2) is 0 Å². The highest BCUT2D eigenvalue weighted by atomic mass is 35.5. The number of amides is 1. The van der Waals surface area contributed by atoms with Crippen LogP contribution in [0.2, 0.25) is 0 Å². The van der Waals surface area contributed by atoms with Crippen molar-refractivity contribution in [1.82, 2.24) is 10.6 Å². The summed E-state index contributed by atoms with van der Waals surface area (Å²) in [5.41, 5.74) is 1.10. The topological polar surface area (TPSA) is 50.4 Å². The van der Waals surface area contributed by atoms with E-state index in [0.29, 0.717) is 19.1 Å². The predicted octanol–water partition coefficient (Wildman–Crippen LogP) is 2.31. The number of aryl methyl sites for hydroxylation is 1. The van der Waals surface area contributed by atoms with Crippen LogP contribution in [-0.2, 0) is 11.2 Å². The predicted molar refractivity (Wildman–Crippen MR) is 87.2 cm³/mol. The highest BCUT2D eigenvalue weighted by molar-refractivity contribution is 5.85. The quantitative estimate of drug-likeness (QED) is 0.847. The Morgan fingerprint density at radius 1 is 1.43 bits per heavy atom. The van der Waals surface area contributed by atoms with Gasteiger partial charge in [-0.1, -0.05) is 18.2 Å². The Kier molecular flexibility index (Phi) is 8.16. The van der Waals surface area contributed by atoms with E-state index in [4.69, 9.17) is 4.74 Å². The lowest BCUT2D eigenvalue weighted by Crippen LogP contribution is -2.45. The van der Waals surface area contributed by atoms with Gasteiger partial charge in [0.2, 0.25) is 5.91 Å². The van der Waals surface area contributed by atoms with E-state index in [1.165, 1.54) is 0 Å². The summed E-state index contributed by atoms with van der Waals surface area (Å²) >= 11 is 0. The van der Waals surface area contributed by atoms with Gasteiger partial charge in [-0.05, 0) is 44.4 Å². The summed E-state index contributed by atoms with van der Waals surface area (Å²) in [6, 6.07) is 8.23. The summed E-state index contributed by atoms with van der Waals surface area (Å²) in [5, 5.41) is 6.40. The van der Waals surface area contributed by atoms with Gasteiger partial charge in [0, 0.05) is 19.0 Å². The highest BCUT2D eigenvalue weighted by Crippen LogP contribution is 2.19. The van der Waals surface area contributed by atoms with E-state index >= 15 is 0 Å². The third-order valence-electron chi connectivity index (χ3n) is 3.56. The highest BCUT2D eigenvalue weighted by Gasteiger charge is 2.15. The number of piperidine rings is 1. The monoisotopic (exact) mass is 312 g/mol. The molecule has 1 atom stereocenters. The van der Waals surface area contributed by atoms with Gasteiger partial charge >= 0.3 is 0 Å². The number of para-hydroxylation sites is 1. The van der Waals surface area contributed by atoms with Crippen LogP contribution in [-0.4, -0.2) is 31.6 Å². The molecule has 1 heterocycles. The molecule has 0 radical (unpaired) electrons. The average Bonchev–Trinajstić information content (AvgIpc) is 2.48. The van der Waals surface area contributed by atoms with Crippen molar-refractivity contribution in [2.45, 2.75) is 38.6 Å². The van der Waals surface area contributed by atoms with Crippen LogP contribution in [0.4, 0.5) is 0 Å². The van der Waals surface area contributed by atoms with Crippen LogP contribution >= 0.6 is 12.4 Å². The molecule has 4 nitrogen and oxygen atoms in total. The molecule has 0 aromatic heterocycles. The molecule has 2 rings (SSSR count). The van der Waals surface area contributed by atoms with Crippen molar-refractivity contribution in [3.63, 3.8) is 0 Å². The molecule has 118 valence electrons. The Labute approximate surface area is 133 Å². The molecule has 0 unspecified atom stereocenters. The van der Waals surface area contributed by atoms with E-state index in [9.17, 15) is 4.79 Å². The Bertz CT molecular complexity index is 434. The number of rotatable bonds is 6. The summed E-state index contributed by atoms with van der Waals surface area (Å²) in [7, 11) is 0. The van der Waals surface area contributed by atoms with Crippen LogP contribution in [0.1, 0.15) is 31.7 Å². The molecule has 1 aromatic rings. The summed E-state index contributed by atoms with van der Waals surface area (Å²) in [6.07, 6.45) is 3.45. The minimum Gasteiger partial charge on any atom is -0.494 e. The van der Waals surface area contributed by atoms with Crippen molar-refractivity contribution in [2.75, 3.05) is 19.7 Å². The van der Waals surface area contributed by atoms with Crippen LogP contribution in [0.15, 0.2) is 24.3 Å². The number of hydrogen-bond donors (Lipinski definition) is 2. The molecule has 0 aliphatic carbocycles. The number of hydrogen-bond acceptors (Lipinski definition) is 3. The van der Waals surface area contributed by atoms with Gasteiger partial charge < -0.3 is 15.4 Å². The lowest BCUT2D eigenvalue weighted by Gasteiger charge is -2.23. The largest absolute Gasteiger partial charge is 0.494 e. The van der Waals surface area contributed by atoms with Crippen LogP contribution in [0.5, 0.6) is 5.75 Å². The van der Waals surface area contributed by atoms with Gasteiger partial charge in [-0.2, -0.15) is 0 Å². The maximum atomic E-state index is 12.0. The Morgan fingerprint density at radius 3 is 2.95 bits per heavy atom. The number of ether oxygens (including phenoxy) is 1. The second-order valence-electron chi connectivity index (χ2n) is 5.15. The van der Waals surface area contributed by atoms with Crippen LogP contribution in [0, 0.1) is 0 Å². The van der Waals surface area contributed by atoms with E-state index in [-0.39, 0.29) is 18.3 Å². The lowest BCUT2D eigenvalue weighted by atomic mass is 10.1. The second kappa shape index (κ2) is 9.64. The number of benzene rings is 1. The fourth-order valence-electron chi connectivity index (χ4n) is 2.53. The first-order chi connectivity index (χ1) is 9.79. The van der Waals surface area contributed by atoms with Gasteiger partial charge in [-0.15, -0.1) is 12.4 Å². The summed E-state index contributed by atoms with van der Waals surface area (Å²) in [5.74, 6) is 1.02. The third kappa shape index (κ3) is 5.94. The minimum atomic E-state index is 0. The van der Waals surface area contributed by atoms with Crippen molar-refractivity contribution in [3.8, 4) is 5.75 Å². The molecular weight excluding hydrogens is 288 g/mol. The van der Waals surface area contributed by atoms with Crippen molar-refractivity contribution in [1.29, 1.82) is 0 Å². The fraction of sp³-hybridized carbons (Fsp3) is 0.562. The number of carbonyl (C=O) groups excluding carboxylic acids is 1. The summed E-state index contributed by atoms with van der Waals surface area (Å²) in [6.45, 7) is 4.58. The molecule has 5 heteroatoms. The van der Waals surface area contributed by atoms with Crippen molar-refractivity contribution in [2.24, 2.45) is 0 Å². The fourth-order valence-corrected chi connectivity index (χ4v) is 2.53. The van der Waals surface area contributed by atoms with Gasteiger partial charge in [0.05, 0.1) is 6.61 Å². The van der Waals surface area contributed by atoms with Gasteiger partial charge in [0.1, 0.15) is 5.75 Å². The Hall–Kier alpha value is -1.26. The molecule has 1 aliphatic rings. The van der Waals surface area contributed by atoms with Crippen LogP contribution < -0.4 is 15.4 Å². The van der Waals surface area contributed by atoms with Gasteiger partial charge in [-0.25, -0.2) is 0 Å². The third-order valence-corrected chi connectivity index (χ3v) is 3.56. The van der Waals surface area contributed by atoms with Gasteiger partial charge in [0.25, 0.3) is 0 Å². The first kappa shape index (κ1) is 17.8. The molecule has 0 spiro atoms. The molecular formula is C16H25ClN2O2. The molecule has 1 amide bonds. The number of halogens is 1. The normalized spacial score (nSPS) is 17.7. The first-order valence-electron chi connectivity index (χ1n) is 7.50. The van der Waals surface area contributed by atoms with Crippen LogP contribution in [0.3, 0.4) is 0 Å². The molecule has 1 fully saturated rings. The molecule has 1 aliphatic heterocycles. The van der Waals surface area contributed by atoms with Crippen molar-refractivity contribution < 1.29 is 9.53 Å². The zero-order valence-corrected chi connectivity index (χ0v) is 13.4. The zero-order chi connectivity index (χ0) is 14.2. The summed E-state index contributed by atoms with van der Waals surface area (Å²) < 4.78 is 5.58. The maximum Gasteiger partial charge on any atom is 0.220 e. The van der Waals surface area contributed by atoms with Crippen molar-refractivity contribution in [3.05, 3.63) is 29.8 Å². The second-order valence-corrected chi connectivity index (χ2v) is 5.15. The molecule has 2 N–H and O–H groups in total. The van der Waals surface area contributed by atoms with E-state index < -0.39 is 0 Å². The lowest BCUT2D eigenvalue weighted by molar-refractivity contribution is -0.121. The zero-order valence-electron chi connectivity index (χ0n) is 12.6. The smallest absolute Gasteiger partial charge is 0.220 e. The average molecular weight is 313 g/mol. The molecule has 1 aromatic carbocycles. The van der Waals surface area contributed by atoms with Crippen molar-refractivity contribution >= 4 is 18.3 Å². The molecule has 0 saturated carbocycles. The Balaban J connectivity index is 0.00000220. The molecule has 0 bridgehead atoms. The maximum absolute atomic E-state index is 12.0. The number of nitrogens with one attached hydrogen (secondary N) is 2. The van der Waals surface area contributed by atoms with E-state index in [1.54, 1.807) is 0 Å². The van der Waals surface area contributed by atoms with Crippen LogP contribution in [0.25, 0.3) is 0 Å². The van der Waals surface area contributed by atoms with E-state index in [0.717, 1.165) is 43.7 Å².